The molecule has 0 aliphatic carbocycles. The standard InChI is InChI=1S/C19H18ClN3O3/c20-13-5-3-4-12(10-13)11-21-17(24)9-8-16-19(26)22-15-7-2-1-6-14(15)18(25)23-16/h1-7,10,16H,8-9,11H2,(H,21,24)(H,22,26)(H,23,25). The van der Waals surface area contributed by atoms with Gasteiger partial charge in [-0.05, 0) is 36.2 Å². The highest BCUT2D eigenvalue weighted by Crippen LogP contribution is 2.19. The number of benzene rings is 2. The van der Waals surface area contributed by atoms with E-state index in [1.807, 2.05) is 12.1 Å². The number of carbonyl (C=O) groups is 3. The number of nitrogens with one attached hydrogen (secondary N) is 3. The van der Waals surface area contributed by atoms with Crippen LogP contribution < -0.4 is 16.0 Å². The average Bonchev–Trinajstić information content (AvgIpc) is 2.75. The van der Waals surface area contributed by atoms with Crippen LogP contribution in [0.15, 0.2) is 48.5 Å². The molecule has 7 heteroatoms. The van der Waals surface area contributed by atoms with Crippen molar-refractivity contribution in [2.45, 2.75) is 25.4 Å². The lowest BCUT2D eigenvalue weighted by atomic mass is 10.1. The fourth-order valence-electron chi connectivity index (χ4n) is 2.73. The first kappa shape index (κ1) is 17.9. The van der Waals surface area contributed by atoms with E-state index in [1.165, 1.54) is 0 Å². The molecular formula is C19H18ClN3O3. The van der Waals surface area contributed by atoms with Crippen LogP contribution in [0.3, 0.4) is 0 Å². The van der Waals surface area contributed by atoms with Crippen molar-refractivity contribution in [1.29, 1.82) is 0 Å². The Labute approximate surface area is 155 Å². The minimum Gasteiger partial charge on any atom is -0.352 e. The Hall–Kier alpha value is -2.86. The second-order valence-electron chi connectivity index (χ2n) is 6.01. The lowest BCUT2D eigenvalue weighted by Crippen LogP contribution is -2.42. The van der Waals surface area contributed by atoms with Crippen LogP contribution >= 0.6 is 11.6 Å². The number of anilines is 1. The highest BCUT2D eigenvalue weighted by atomic mass is 35.5. The lowest BCUT2D eigenvalue weighted by Gasteiger charge is -2.14. The van der Waals surface area contributed by atoms with Gasteiger partial charge in [0, 0.05) is 18.0 Å². The van der Waals surface area contributed by atoms with Gasteiger partial charge in [-0.15, -0.1) is 0 Å². The predicted molar refractivity (Wildman–Crippen MR) is 98.9 cm³/mol. The van der Waals surface area contributed by atoms with Crippen molar-refractivity contribution in [1.82, 2.24) is 10.6 Å². The number of rotatable bonds is 5. The van der Waals surface area contributed by atoms with Gasteiger partial charge in [0.05, 0.1) is 11.3 Å². The zero-order chi connectivity index (χ0) is 18.5. The van der Waals surface area contributed by atoms with E-state index in [1.54, 1.807) is 36.4 Å². The Kier molecular flexibility index (Phi) is 5.53. The molecule has 1 heterocycles. The van der Waals surface area contributed by atoms with Gasteiger partial charge in [-0.3, -0.25) is 14.4 Å². The number of hydrogen-bond acceptors (Lipinski definition) is 3. The first-order valence-corrected chi connectivity index (χ1v) is 8.62. The first-order chi connectivity index (χ1) is 12.5. The van der Waals surface area contributed by atoms with Crippen LogP contribution in [-0.2, 0) is 16.1 Å². The first-order valence-electron chi connectivity index (χ1n) is 8.25. The van der Waals surface area contributed by atoms with E-state index in [2.05, 4.69) is 16.0 Å². The SMILES string of the molecule is O=C(CCC1NC(=O)c2ccccc2NC1=O)NCc1cccc(Cl)c1. The summed E-state index contributed by atoms with van der Waals surface area (Å²) in [7, 11) is 0. The zero-order valence-electron chi connectivity index (χ0n) is 13.9. The van der Waals surface area contributed by atoms with E-state index in [0.29, 0.717) is 22.8 Å². The summed E-state index contributed by atoms with van der Waals surface area (Å²) in [5.74, 6) is -0.858. The van der Waals surface area contributed by atoms with Crippen molar-refractivity contribution >= 4 is 35.0 Å². The Morgan fingerprint density at radius 2 is 1.92 bits per heavy atom. The summed E-state index contributed by atoms with van der Waals surface area (Å²) in [4.78, 5) is 36.6. The average molecular weight is 372 g/mol. The van der Waals surface area contributed by atoms with Crippen molar-refractivity contribution in [3.63, 3.8) is 0 Å². The maximum atomic E-state index is 12.3. The molecule has 0 fully saturated rings. The molecule has 134 valence electrons. The normalized spacial score (nSPS) is 16.1. The fourth-order valence-corrected chi connectivity index (χ4v) is 2.94. The number of hydrogen-bond donors (Lipinski definition) is 3. The molecule has 6 nitrogen and oxygen atoms in total. The molecule has 2 aromatic carbocycles. The van der Waals surface area contributed by atoms with Gasteiger partial charge in [-0.2, -0.15) is 0 Å². The van der Waals surface area contributed by atoms with Gasteiger partial charge >= 0.3 is 0 Å². The lowest BCUT2D eigenvalue weighted by molar-refractivity contribution is -0.122. The molecule has 3 N–H and O–H groups in total. The third kappa shape index (κ3) is 4.40. The smallest absolute Gasteiger partial charge is 0.254 e. The number of fused-ring (bicyclic) bond motifs is 1. The van der Waals surface area contributed by atoms with Crippen molar-refractivity contribution in [2.75, 3.05) is 5.32 Å². The van der Waals surface area contributed by atoms with E-state index >= 15 is 0 Å². The summed E-state index contributed by atoms with van der Waals surface area (Å²) in [6.45, 7) is 0.355. The van der Waals surface area contributed by atoms with Gasteiger partial charge in [-0.1, -0.05) is 35.9 Å². The topological polar surface area (TPSA) is 87.3 Å². The van der Waals surface area contributed by atoms with Gasteiger partial charge in [0.15, 0.2) is 0 Å². The van der Waals surface area contributed by atoms with Gasteiger partial charge in [-0.25, -0.2) is 0 Å². The van der Waals surface area contributed by atoms with Gasteiger partial charge in [0.1, 0.15) is 6.04 Å². The predicted octanol–water partition coefficient (Wildman–Crippen LogP) is 2.49. The quantitative estimate of drug-likeness (QED) is 0.754. The Morgan fingerprint density at radius 3 is 2.73 bits per heavy atom. The summed E-state index contributed by atoms with van der Waals surface area (Å²) in [6.07, 6.45) is 0.336. The van der Waals surface area contributed by atoms with Crippen LogP contribution in [0.4, 0.5) is 5.69 Å². The van der Waals surface area contributed by atoms with Crippen molar-refractivity contribution < 1.29 is 14.4 Å². The largest absolute Gasteiger partial charge is 0.352 e. The van der Waals surface area contributed by atoms with Crippen LogP contribution in [0.5, 0.6) is 0 Å². The molecule has 1 unspecified atom stereocenters. The summed E-state index contributed by atoms with van der Waals surface area (Å²) in [6, 6.07) is 13.2. The molecule has 1 aliphatic heterocycles. The van der Waals surface area contributed by atoms with E-state index in [4.69, 9.17) is 11.6 Å². The number of amides is 3. The monoisotopic (exact) mass is 371 g/mol. The highest BCUT2D eigenvalue weighted by Gasteiger charge is 2.27. The Balaban J connectivity index is 1.53. The number of halogens is 1. The van der Waals surface area contributed by atoms with E-state index in [9.17, 15) is 14.4 Å². The number of para-hydroxylation sites is 1. The maximum absolute atomic E-state index is 12.3. The van der Waals surface area contributed by atoms with Crippen LogP contribution in [0.2, 0.25) is 5.02 Å². The van der Waals surface area contributed by atoms with E-state index in [-0.39, 0.29) is 30.6 Å². The van der Waals surface area contributed by atoms with Crippen LogP contribution in [0.25, 0.3) is 0 Å². The molecule has 3 amide bonds. The second-order valence-corrected chi connectivity index (χ2v) is 6.44. The molecule has 0 radical (unpaired) electrons. The van der Waals surface area contributed by atoms with Crippen LogP contribution in [-0.4, -0.2) is 23.8 Å². The Morgan fingerprint density at radius 1 is 1.12 bits per heavy atom. The molecule has 0 saturated carbocycles. The molecule has 0 aromatic heterocycles. The van der Waals surface area contributed by atoms with Crippen molar-refractivity contribution in [3.05, 3.63) is 64.7 Å². The third-order valence-electron chi connectivity index (χ3n) is 4.09. The minimum absolute atomic E-state index is 0.120. The number of carbonyl (C=O) groups excluding carboxylic acids is 3. The molecule has 0 saturated heterocycles. The zero-order valence-corrected chi connectivity index (χ0v) is 14.7. The molecule has 3 rings (SSSR count). The van der Waals surface area contributed by atoms with Gasteiger partial charge in [0.25, 0.3) is 5.91 Å². The summed E-state index contributed by atoms with van der Waals surface area (Å²) in [5, 5.41) is 8.78. The molecule has 26 heavy (non-hydrogen) atoms. The third-order valence-corrected chi connectivity index (χ3v) is 4.33. The molecule has 1 aliphatic rings. The molecule has 2 aromatic rings. The second kappa shape index (κ2) is 8.01. The van der Waals surface area contributed by atoms with E-state index in [0.717, 1.165) is 5.56 Å². The maximum Gasteiger partial charge on any atom is 0.254 e. The van der Waals surface area contributed by atoms with Crippen molar-refractivity contribution in [2.24, 2.45) is 0 Å². The van der Waals surface area contributed by atoms with Crippen molar-refractivity contribution in [3.8, 4) is 0 Å². The summed E-state index contributed by atoms with van der Waals surface area (Å²) < 4.78 is 0. The summed E-state index contributed by atoms with van der Waals surface area (Å²) in [5.41, 5.74) is 1.78. The van der Waals surface area contributed by atoms with Gasteiger partial charge in [0.2, 0.25) is 11.8 Å². The minimum atomic E-state index is -0.758. The van der Waals surface area contributed by atoms with Crippen LogP contribution in [0.1, 0.15) is 28.8 Å². The van der Waals surface area contributed by atoms with Gasteiger partial charge < -0.3 is 16.0 Å². The Bertz CT molecular complexity index is 853. The molecular weight excluding hydrogens is 354 g/mol. The van der Waals surface area contributed by atoms with Crippen LogP contribution in [0, 0.1) is 0 Å². The molecule has 0 spiro atoms. The fraction of sp³-hybridized carbons (Fsp3) is 0.211. The highest BCUT2D eigenvalue weighted by molar-refractivity contribution is 6.30. The molecule has 1 atom stereocenters. The molecule has 0 bridgehead atoms. The summed E-state index contributed by atoms with van der Waals surface area (Å²) >= 11 is 5.91. The van der Waals surface area contributed by atoms with E-state index < -0.39 is 6.04 Å².